The van der Waals surface area contributed by atoms with E-state index in [1.54, 1.807) is 17.0 Å². The molecule has 31 heavy (non-hydrogen) atoms. The van der Waals surface area contributed by atoms with Crippen molar-refractivity contribution < 1.29 is 14.3 Å². The lowest BCUT2D eigenvalue weighted by molar-refractivity contribution is -0.134. The minimum Gasteiger partial charge on any atom is -0.395 e. The smallest absolute Gasteiger partial charge is 0.242 e. The molecule has 0 aliphatic carbocycles. The van der Waals surface area contributed by atoms with Crippen LogP contribution in [0, 0.1) is 12.7 Å². The number of benzene rings is 2. The van der Waals surface area contributed by atoms with Crippen LogP contribution in [-0.2, 0) is 4.79 Å². The first-order chi connectivity index (χ1) is 14.8. The maximum absolute atomic E-state index is 13.4. The van der Waals surface area contributed by atoms with Gasteiger partial charge in [0.25, 0.3) is 0 Å². The second kappa shape index (κ2) is 9.63. The van der Waals surface area contributed by atoms with Crippen molar-refractivity contribution >= 4 is 17.3 Å². The van der Waals surface area contributed by atoms with Gasteiger partial charge in [0.1, 0.15) is 17.7 Å². The standard InChI is InChI=1S/C23H28FN5O2/c1-15-3-9-19(10-4-15)27-22(21(26)17-5-7-18(24)8-6-17)29-12-11-28(13-16(29)2)23(31)20(25)14-30/h3-10,20,27,30H,2,11-14,25-26H2,1H3/b22-21-/t20-/m1/s1. The van der Waals surface area contributed by atoms with E-state index in [2.05, 4.69) is 11.9 Å². The molecule has 3 rings (SSSR count). The summed E-state index contributed by atoms with van der Waals surface area (Å²) in [6.45, 7) is 6.78. The molecule has 164 valence electrons. The van der Waals surface area contributed by atoms with E-state index in [0.717, 1.165) is 11.3 Å². The van der Waals surface area contributed by atoms with E-state index < -0.39 is 12.6 Å². The number of piperazine rings is 1. The molecule has 1 amide bonds. The summed E-state index contributed by atoms with van der Waals surface area (Å²) in [7, 11) is 0. The highest BCUT2D eigenvalue weighted by Gasteiger charge is 2.29. The number of halogens is 1. The van der Waals surface area contributed by atoms with Gasteiger partial charge < -0.3 is 31.7 Å². The summed E-state index contributed by atoms with van der Waals surface area (Å²) in [5.74, 6) is -0.0767. The Hall–Kier alpha value is -3.36. The molecule has 7 nitrogen and oxygen atoms in total. The Balaban J connectivity index is 1.92. The number of amides is 1. The summed E-state index contributed by atoms with van der Waals surface area (Å²) in [5, 5.41) is 12.5. The average molecular weight is 426 g/mol. The molecule has 1 fully saturated rings. The minimum atomic E-state index is -0.954. The molecule has 0 bridgehead atoms. The van der Waals surface area contributed by atoms with Crippen molar-refractivity contribution in [2.45, 2.75) is 13.0 Å². The second-order valence-corrected chi connectivity index (χ2v) is 7.53. The van der Waals surface area contributed by atoms with Crippen LogP contribution in [0.15, 0.2) is 66.6 Å². The zero-order chi connectivity index (χ0) is 22.5. The van der Waals surface area contributed by atoms with Crippen LogP contribution in [-0.4, -0.2) is 53.1 Å². The summed E-state index contributed by atoms with van der Waals surface area (Å²) in [5.41, 5.74) is 15.9. The third-order valence-corrected chi connectivity index (χ3v) is 5.17. The lowest BCUT2D eigenvalue weighted by Gasteiger charge is -2.40. The highest BCUT2D eigenvalue weighted by Crippen LogP contribution is 2.25. The van der Waals surface area contributed by atoms with Gasteiger partial charge in [-0.3, -0.25) is 4.79 Å². The Morgan fingerprint density at radius 2 is 1.84 bits per heavy atom. The predicted octanol–water partition coefficient (Wildman–Crippen LogP) is 1.81. The number of hydrogen-bond acceptors (Lipinski definition) is 6. The largest absolute Gasteiger partial charge is 0.395 e. The molecular weight excluding hydrogens is 397 g/mol. The van der Waals surface area contributed by atoms with E-state index in [4.69, 9.17) is 11.5 Å². The van der Waals surface area contributed by atoms with Crippen molar-refractivity contribution in [3.05, 3.63) is 83.6 Å². The Labute approximate surface area is 181 Å². The number of nitrogens with zero attached hydrogens (tertiary/aromatic N) is 2. The van der Waals surface area contributed by atoms with Crippen molar-refractivity contribution in [3.63, 3.8) is 0 Å². The third-order valence-electron chi connectivity index (χ3n) is 5.17. The number of anilines is 1. The molecule has 2 aromatic rings. The SMILES string of the molecule is C=C1CN(C(=O)[C@H](N)CO)CCN1/C(Nc1ccc(C)cc1)=C(\N)c1ccc(F)cc1. The summed E-state index contributed by atoms with van der Waals surface area (Å²) < 4.78 is 13.4. The normalized spacial score (nSPS) is 16.1. The number of nitrogens with two attached hydrogens (primary N) is 2. The average Bonchev–Trinajstić information content (AvgIpc) is 2.78. The number of aliphatic hydroxyl groups is 1. The molecule has 0 aromatic heterocycles. The second-order valence-electron chi connectivity index (χ2n) is 7.53. The first kappa shape index (κ1) is 22.3. The first-order valence-corrected chi connectivity index (χ1v) is 10.00. The van der Waals surface area contributed by atoms with Crippen molar-refractivity contribution in [2.24, 2.45) is 11.5 Å². The highest BCUT2D eigenvalue weighted by atomic mass is 19.1. The molecule has 1 heterocycles. The van der Waals surface area contributed by atoms with Crippen molar-refractivity contribution in [2.75, 3.05) is 31.6 Å². The van der Waals surface area contributed by atoms with Crippen LogP contribution >= 0.6 is 0 Å². The van der Waals surface area contributed by atoms with E-state index in [9.17, 15) is 14.3 Å². The fourth-order valence-electron chi connectivity index (χ4n) is 3.35. The topological polar surface area (TPSA) is 108 Å². The Bertz CT molecular complexity index is 972. The van der Waals surface area contributed by atoms with Gasteiger partial charge >= 0.3 is 0 Å². The molecule has 1 aliphatic rings. The van der Waals surface area contributed by atoms with Crippen LogP contribution < -0.4 is 16.8 Å². The molecule has 6 N–H and O–H groups in total. The monoisotopic (exact) mass is 425 g/mol. The molecule has 0 unspecified atom stereocenters. The summed E-state index contributed by atoms with van der Waals surface area (Å²) in [6, 6.07) is 12.8. The lowest BCUT2D eigenvalue weighted by Crippen LogP contribution is -2.53. The first-order valence-electron chi connectivity index (χ1n) is 10.00. The maximum atomic E-state index is 13.4. The fourth-order valence-corrected chi connectivity index (χ4v) is 3.35. The Kier molecular flexibility index (Phi) is 6.94. The van der Waals surface area contributed by atoms with Gasteiger partial charge in [0, 0.05) is 30.0 Å². The predicted molar refractivity (Wildman–Crippen MR) is 120 cm³/mol. The molecule has 0 spiro atoms. The molecular formula is C23H28FN5O2. The van der Waals surface area contributed by atoms with E-state index in [1.807, 2.05) is 36.1 Å². The van der Waals surface area contributed by atoms with E-state index >= 15 is 0 Å². The lowest BCUT2D eigenvalue weighted by atomic mass is 10.1. The number of rotatable bonds is 6. The van der Waals surface area contributed by atoms with Crippen molar-refractivity contribution in [3.8, 4) is 0 Å². The zero-order valence-corrected chi connectivity index (χ0v) is 17.5. The van der Waals surface area contributed by atoms with Crippen LogP contribution in [0.3, 0.4) is 0 Å². The van der Waals surface area contributed by atoms with Gasteiger partial charge in [0.05, 0.1) is 18.8 Å². The van der Waals surface area contributed by atoms with Gasteiger partial charge in [0.2, 0.25) is 5.91 Å². The minimum absolute atomic E-state index is 0.252. The van der Waals surface area contributed by atoms with Gasteiger partial charge in [-0.1, -0.05) is 24.3 Å². The van der Waals surface area contributed by atoms with Gasteiger partial charge in [-0.15, -0.1) is 0 Å². The van der Waals surface area contributed by atoms with Gasteiger partial charge in [-0.2, -0.15) is 0 Å². The van der Waals surface area contributed by atoms with Crippen LogP contribution in [0.25, 0.3) is 5.70 Å². The quantitative estimate of drug-likeness (QED) is 0.562. The molecule has 0 radical (unpaired) electrons. The number of carbonyl (C=O) groups is 1. The number of hydrogen-bond donors (Lipinski definition) is 4. The number of aliphatic hydroxyl groups excluding tert-OH is 1. The van der Waals surface area contributed by atoms with E-state index in [1.165, 1.54) is 12.1 Å². The van der Waals surface area contributed by atoms with Crippen LogP contribution in [0.4, 0.5) is 10.1 Å². The highest BCUT2D eigenvalue weighted by molar-refractivity contribution is 5.82. The zero-order valence-electron chi connectivity index (χ0n) is 17.5. The van der Waals surface area contributed by atoms with Crippen LogP contribution in [0.1, 0.15) is 11.1 Å². The summed E-state index contributed by atoms with van der Waals surface area (Å²) in [4.78, 5) is 15.8. The van der Waals surface area contributed by atoms with Crippen LogP contribution in [0.2, 0.25) is 0 Å². The van der Waals surface area contributed by atoms with Gasteiger partial charge in [0.15, 0.2) is 0 Å². The molecule has 1 atom stereocenters. The van der Waals surface area contributed by atoms with Crippen molar-refractivity contribution in [1.82, 2.24) is 9.80 Å². The molecule has 2 aromatic carbocycles. The van der Waals surface area contributed by atoms with Gasteiger partial charge in [-0.25, -0.2) is 4.39 Å². The van der Waals surface area contributed by atoms with Crippen molar-refractivity contribution in [1.29, 1.82) is 0 Å². The van der Waals surface area contributed by atoms with E-state index in [-0.39, 0.29) is 18.3 Å². The Morgan fingerprint density at radius 3 is 2.42 bits per heavy atom. The molecule has 1 saturated heterocycles. The fraction of sp³-hybridized carbons (Fsp3) is 0.261. The van der Waals surface area contributed by atoms with Gasteiger partial charge in [-0.05, 0) is 43.3 Å². The number of aryl methyl sites for hydroxylation is 1. The molecule has 8 heteroatoms. The third kappa shape index (κ3) is 5.22. The molecule has 0 saturated carbocycles. The number of nitrogens with one attached hydrogen (secondary N) is 1. The summed E-state index contributed by atoms with van der Waals surface area (Å²) in [6.07, 6.45) is 0. The number of carbonyl (C=O) groups excluding carboxylic acids is 1. The maximum Gasteiger partial charge on any atom is 0.242 e. The Morgan fingerprint density at radius 1 is 1.19 bits per heavy atom. The summed E-state index contributed by atoms with van der Waals surface area (Å²) >= 11 is 0. The van der Waals surface area contributed by atoms with Crippen LogP contribution in [0.5, 0.6) is 0 Å². The van der Waals surface area contributed by atoms with E-state index in [0.29, 0.717) is 35.9 Å². The molecule has 1 aliphatic heterocycles.